The molecule has 2 rings (SSSR count). The second-order valence-electron chi connectivity index (χ2n) is 4.87. The van der Waals surface area contributed by atoms with Crippen molar-refractivity contribution in [3.8, 4) is 5.75 Å². The first-order valence-electron chi connectivity index (χ1n) is 7.54. The molecule has 2 N–H and O–H groups in total. The fraction of sp³-hybridized carbons (Fsp3) is 0.235. The molecule has 1 aromatic carbocycles. The standard InChI is InChI=1S/C17H19N3O4/c1-2-10-23-17(22)13-5-7-15(8-6-13)24-12-16(21)20-19-11-14-4-3-9-18-14/h3-9,11,18H,2,10,12H2,1H3,(H,20,21). The second-order valence-corrected chi connectivity index (χ2v) is 4.87. The molecule has 2 aromatic rings. The highest BCUT2D eigenvalue weighted by molar-refractivity contribution is 5.89. The van der Waals surface area contributed by atoms with Crippen molar-refractivity contribution in [2.24, 2.45) is 5.10 Å². The smallest absolute Gasteiger partial charge is 0.338 e. The van der Waals surface area contributed by atoms with E-state index in [9.17, 15) is 9.59 Å². The lowest BCUT2D eigenvalue weighted by Gasteiger charge is -2.06. The summed E-state index contributed by atoms with van der Waals surface area (Å²) in [6.45, 7) is 2.14. The number of ether oxygens (including phenoxy) is 2. The van der Waals surface area contributed by atoms with E-state index in [2.05, 4.69) is 15.5 Å². The number of aromatic amines is 1. The number of aromatic nitrogens is 1. The van der Waals surface area contributed by atoms with Crippen LogP contribution in [0.5, 0.6) is 5.75 Å². The minimum absolute atomic E-state index is 0.179. The Bertz CT molecular complexity index is 678. The lowest BCUT2D eigenvalue weighted by Crippen LogP contribution is -2.24. The number of esters is 1. The Morgan fingerprint density at radius 1 is 1.25 bits per heavy atom. The van der Waals surface area contributed by atoms with Gasteiger partial charge in [0.1, 0.15) is 5.75 Å². The molecule has 126 valence electrons. The Labute approximate surface area is 139 Å². The third-order valence-corrected chi connectivity index (χ3v) is 2.91. The molecule has 0 atom stereocenters. The highest BCUT2D eigenvalue weighted by Crippen LogP contribution is 2.13. The van der Waals surface area contributed by atoms with E-state index in [0.717, 1.165) is 12.1 Å². The molecule has 1 amide bonds. The number of rotatable bonds is 8. The first-order chi connectivity index (χ1) is 11.7. The van der Waals surface area contributed by atoms with Crippen LogP contribution in [0, 0.1) is 0 Å². The molecule has 1 heterocycles. The molecule has 7 nitrogen and oxygen atoms in total. The molecule has 0 aliphatic heterocycles. The molecule has 0 radical (unpaired) electrons. The lowest BCUT2D eigenvalue weighted by molar-refractivity contribution is -0.123. The predicted octanol–water partition coefficient (Wildman–Crippen LogP) is 2.11. The minimum Gasteiger partial charge on any atom is -0.484 e. The summed E-state index contributed by atoms with van der Waals surface area (Å²) >= 11 is 0. The third kappa shape index (κ3) is 5.60. The van der Waals surface area contributed by atoms with Crippen LogP contribution < -0.4 is 10.2 Å². The highest BCUT2D eigenvalue weighted by atomic mass is 16.5. The second kappa shape index (κ2) is 9.14. The number of hydrazone groups is 1. The molecule has 0 unspecified atom stereocenters. The van der Waals surface area contributed by atoms with E-state index in [1.807, 2.05) is 19.1 Å². The van der Waals surface area contributed by atoms with Gasteiger partial charge < -0.3 is 14.5 Å². The van der Waals surface area contributed by atoms with E-state index < -0.39 is 0 Å². The van der Waals surface area contributed by atoms with Gasteiger partial charge in [0.25, 0.3) is 5.91 Å². The number of nitrogens with zero attached hydrogens (tertiary/aromatic N) is 1. The number of H-pyrrole nitrogens is 1. The first kappa shape index (κ1) is 17.3. The largest absolute Gasteiger partial charge is 0.484 e. The van der Waals surface area contributed by atoms with Crippen LogP contribution in [0.4, 0.5) is 0 Å². The summed E-state index contributed by atoms with van der Waals surface area (Å²) in [5, 5.41) is 3.79. The summed E-state index contributed by atoms with van der Waals surface area (Å²) in [5.74, 6) is -0.283. The number of carbonyl (C=O) groups is 2. The zero-order valence-corrected chi connectivity index (χ0v) is 13.3. The Morgan fingerprint density at radius 2 is 2.04 bits per heavy atom. The summed E-state index contributed by atoms with van der Waals surface area (Å²) in [4.78, 5) is 26.2. The number of carbonyl (C=O) groups excluding carboxylic acids is 2. The number of hydrogen-bond acceptors (Lipinski definition) is 5. The van der Waals surface area contributed by atoms with Crippen LogP contribution in [0.3, 0.4) is 0 Å². The van der Waals surface area contributed by atoms with Gasteiger partial charge in [-0.3, -0.25) is 4.79 Å². The third-order valence-electron chi connectivity index (χ3n) is 2.91. The zero-order valence-electron chi connectivity index (χ0n) is 13.3. The summed E-state index contributed by atoms with van der Waals surface area (Å²) < 4.78 is 10.4. The van der Waals surface area contributed by atoms with Gasteiger partial charge in [-0.1, -0.05) is 6.92 Å². The molecular formula is C17H19N3O4. The normalized spacial score (nSPS) is 10.5. The van der Waals surface area contributed by atoms with E-state index in [1.54, 1.807) is 30.5 Å². The summed E-state index contributed by atoms with van der Waals surface area (Å²) in [7, 11) is 0. The molecule has 0 saturated carbocycles. The van der Waals surface area contributed by atoms with Gasteiger partial charge in [-0.05, 0) is 42.8 Å². The Morgan fingerprint density at radius 3 is 2.71 bits per heavy atom. The highest BCUT2D eigenvalue weighted by Gasteiger charge is 2.07. The fourth-order valence-corrected chi connectivity index (χ4v) is 1.74. The van der Waals surface area contributed by atoms with Gasteiger partial charge in [-0.25, -0.2) is 10.2 Å². The molecule has 7 heteroatoms. The summed E-state index contributed by atoms with van der Waals surface area (Å²) in [5.41, 5.74) is 3.58. The zero-order chi connectivity index (χ0) is 17.2. The number of amides is 1. The van der Waals surface area contributed by atoms with Crippen LogP contribution in [0.15, 0.2) is 47.7 Å². The van der Waals surface area contributed by atoms with Gasteiger partial charge in [0.2, 0.25) is 0 Å². The summed E-state index contributed by atoms with van der Waals surface area (Å²) in [6.07, 6.45) is 4.02. The van der Waals surface area contributed by atoms with Crippen molar-refractivity contribution in [1.29, 1.82) is 0 Å². The van der Waals surface area contributed by atoms with Crippen molar-refractivity contribution < 1.29 is 19.1 Å². The van der Waals surface area contributed by atoms with Gasteiger partial charge in [-0.2, -0.15) is 5.10 Å². The number of benzene rings is 1. The van der Waals surface area contributed by atoms with Gasteiger partial charge in [0, 0.05) is 6.20 Å². The molecule has 1 aromatic heterocycles. The van der Waals surface area contributed by atoms with E-state index >= 15 is 0 Å². The van der Waals surface area contributed by atoms with Crippen LogP contribution in [-0.4, -0.2) is 36.3 Å². The van der Waals surface area contributed by atoms with Crippen molar-refractivity contribution in [3.63, 3.8) is 0 Å². The van der Waals surface area contributed by atoms with E-state index in [4.69, 9.17) is 9.47 Å². The van der Waals surface area contributed by atoms with Crippen LogP contribution in [-0.2, 0) is 9.53 Å². The lowest BCUT2D eigenvalue weighted by atomic mass is 10.2. The molecule has 0 spiro atoms. The van der Waals surface area contributed by atoms with Crippen LogP contribution in [0.2, 0.25) is 0 Å². The molecular weight excluding hydrogens is 310 g/mol. The fourth-order valence-electron chi connectivity index (χ4n) is 1.74. The van der Waals surface area contributed by atoms with Crippen molar-refractivity contribution in [2.45, 2.75) is 13.3 Å². The van der Waals surface area contributed by atoms with Gasteiger partial charge in [0.15, 0.2) is 6.61 Å². The van der Waals surface area contributed by atoms with Gasteiger partial charge >= 0.3 is 5.97 Å². The number of hydrogen-bond donors (Lipinski definition) is 2. The molecule has 0 saturated heterocycles. The first-order valence-corrected chi connectivity index (χ1v) is 7.54. The maximum Gasteiger partial charge on any atom is 0.338 e. The average Bonchev–Trinajstić information content (AvgIpc) is 3.11. The Kier molecular flexibility index (Phi) is 6.58. The van der Waals surface area contributed by atoms with Crippen LogP contribution in [0.1, 0.15) is 29.4 Å². The van der Waals surface area contributed by atoms with E-state index in [0.29, 0.717) is 17.9 Å². The monoisotopic (exact) mass is 329 g/mol. The average molecular weight is 329 g/mol. The van der Waals surface area contributed by atoms with Crippen molar-refractivity contribution in [1.82, 2.24) is 10.4 Å². The maximum absolute atomic E-state index is 11.7. The van der Waals surface area contributed by atoms with Gasteiger partial charge in [-0.15, -0.1) is 0 Å². The van der Waals surface area contributed by atoms with Crippen LogP contribution in [0.25, 0.3) is 0 Å². The molecule has 24 heavy (non-hydrogen) atoms. The molecule has 0 fully saturated rings. The minimum atomic E-state index is -0.385. The maximum atomic E-state index is 11.7. The Balaban J connectivity index is 1.75. The Hall–Kier alpha value is -3.09. The van der Waals surface area contributed by atoms with E-state index in [1.165, 1.54) is 6.21 Å². The molecule has 0 aliphatic rings. The SMILES string of the molecule is CCCOC(=O)c1ccc(OCC(=O)NN=Cc2ccc[nH]2)cc1. The predicted molar refractivity (Wildman–Crippen MR) is 89.0 cm³/mol. The van der Waals surface area contributed by atoms with E-state index in [-0.39, 0.29) is 18.5 Å². The van der Waals surface area contributed by atoms with Crippen molar-refractivity contribution >= 4 is 18.1 Å². The van der Waals surface area contributed by atoms with Crippen LogP contribution >= 0.6 is 0 Å². The summed E-state index contributed by atoms with van der Waals surface area (Å²) in [6, 6.07) is 10.0. The van der Waals surface area contributed by atoms with Gasteiger partial charge in [0.05, 0.1) is 24.1 Å². The molecule has 0 aliphatic carbocycles. The number of nitrogens with one attached hydrogen (secondary N) is 2. The topological polar surface area (TPSA) is 92.8 Å². The molecule has 0 bridgehead atoms. The van der Waals surface area contributed by atoms with Crippen molar-refractivity contribution in [2.75, 3.05) is 13.2 Å². The quantitative estimate of drug-likeness (QED) is 0.441. The van der Waals surface area contributed by atoms with Crippen molar-refractivity contribution in [3.05, 3.63) is 53.9 Å².